The fourth-order valence-corrected chi connectivity index (χ4v) is 3.54. The average Bonchev–Trinajstić information content (AvgIpc) is 2.47. The van der Waals surface area contributed by atoms with Crippen LogP contribution in [0.2, 0.25) is 0 Å². The summed E-state index contributed by atoms with van der Waals surface area (Å²) in [4.78, 5) is 25.5. The second-order valence-corrected chi connectivity index (χ2v) is 5.76. The number of carbonyl (C=O) groups excluding carboxylic acids is 2. The van der Waals surface area contributed by atoms with E-state index in [1.54, 1.807) is 36.4 Å². The highest BCUT2D eigenvalue weighted by Gasteiger charge is 2.43. The minimum atomic E-state index is -0.266. The van der Waals surface area contributed by atoms with Crippen molar-refractivity contribution in [1.82, 2.24) is 0 Å². The zero-order chi connectivity index (χ0) is 14.7. The Morgan fingerprint density at radius 1 is 0.762 bits per heavy atom. The summed E-state index contributed by atoms with van der Waals surface area (Å²) in [5, 5.41) is 0. The maximum Gasteiger partial charge on any atom is 0.170 e. The van der Waals surface area contributed by atoms with Crippen LogP contribution in [-0.4, -0.2) is 11.6 Å². The van der Waals surface area contributed by atoms with Crippen LogP contribution in [0, 0.1) is 0 Å². The summed E-state index contributed by atoms with van der Waals surface area (Å²) in [6.45, 7) is 0. The third-order valence-corrected chi connectivity index (χ3v) is 4.54. The van der Waals surface area contributed by atoms with Crippen LogP contribution in [0.5, 0.6) is 0 Å². The summed E-state index contributed by atoms with van der Waals surface area (Å²) in [5.74, 6) is -0.436. The minimum Gasteiger partial charge on any atom is -0.399 e. The van der Waals surface area contributed by atoms with E-state index >= 15 is 0 Å². The van der Waals surface area contributed by atoms with Crippen molar-refractivity contribution in [2.75, 3.05) is 11.5 Å². The number of carbonyl (C=O) groups is 2. The molecule has 4 nitrogen and oxygen atoms in total. The van der Waals surface area contributed by atoms with Crippen molar-refractivity contribution in [1.29, 1.82) is 0 Å². The molecule has 104 valence electrons. The van der Waals surface area contributed by atoms with Crippen LogP contribution in [-0.2, 0) is 0 Å². The molecule has 0 fully saturated rings. The van der Waals surface area contributed by atoms with Gasteiger partial charge in [-0.3, -0.25) is 9.59 Å². The lowest BCUT2D eigenvalue weighted by molar-refractivity contribution is 0.0875. The Hall–Kier alpha value is -2.62. The van der Waals surface area contributed by atoms with Gasteiger partial charge >= 0.3 is 0 Å². The number of benzene rings is 2. The van der Waals surface area contributed by atoms with Crippen LogP contribution >= 0.6 is 0 Å². The fraction of sp³-hybridized carbons (Fsp3) is 0.176. The molecule has 0 amide bonds. The van der Waals surface area contributed by atoms with Gasteiger partial charge in [-0.2, -0.15) is 0 Å². The highest BCUT2D eigenvalue weighted by atomic mass is 16.1. The van der Waals surface area contributed by atoms with Gasteiger partial charge in [-0.15, -0.1) is 0 Å². The molecule has 4 rings (SSSR count). The van der Waals surface area contributed by atoms with Crippen LogP contribution in [0.4, 0.5) is 11.4 Å². The molecule has 2 aromatic rings. The summed E-state index contributed by atoms with van der Waals surface area (Å²) in [5.41, 5.74) is 15.4. The quantitative estimate of drug-likeness (QED) is 0.725. The lowest BCUT2D eigenvalue weighted by Crippen LogP contribution is -2.34. The summed E-state index contributed by atoms with van der Waals surface area (Å²) in [6, 6.07) is 10.5. The lowest BCUT2D eigenvalue weighted by Gasteiger charge is -2.35. The van der Waals surface area contributed by atoms with E-state index in [2.05, 4.69) is 0 Å². The molecule has 4 heteroatoms. The molecule has 0 radical (unpaired) electrons. The van der Waals surface area contributed by atoms with Crippen LogP contribution < -0.4 is 11.5 Å². The lowest BCUT2D eigenvalue weighted by atomic mass is 9.65. The zero-order valence-electron chi connectivity index (χ0n) is 11.3. The summed E-state index contributed by atoms with van der Waals surface area (Å²) < 4.78 is 0. The van der Waals surface area contributed by atoms with Crippen LogP contribution in [0.25, 0.3) is 0 Å². The van der Waals surface area contributed by atoms with Crippen molar-refractivity contribution in [3.05, 3.63) is 58.7 Å². The first-order valence-electron chi connectivity index (χ1n) is 6.93. The van der Waals surface area contributed by atoms with Gasteiger partial charge in [0, 0.05) is 34.3 Å². The number of anilines is 2. The molecule has 0 saturated heterocycles. The van der Waals surface area contributed by atoms with E-state index in [0.717, 1.165) is 11.1 Å². The molecular formula is C17H14N2O2. The molecule has 2 aromatic carbocycles. The van der Waals surface area contributed by atoms with E-state index in [1.165, 1.54) is 0 Å². The van der Waals surface area contributed by atoms with Crippen molar-refractivity contribution < 1.29 is 9.59 Å². The standard InChI is InChI=1S/C17H14N2O2/c18-8-1-3-10-12(5-8)16(20)15-7-14(10)17(21)13-6-9(19)2-4-11(13)15/h1-6,14-15H,7,18-19H2/t14-,15-/m1/s1. The molecule has 4 N–H and O–H groups in total. The number of nitrogen functional groups attached to an aromatic ring is 2. The number of rotatable bonds is 0. The number of hydrogen-bond acceptors (Lipinski definition) is 4. The Morgan fingerprint density at radius 3 is 1.62 bits per heavy atom. The van der Waals surface area contributed by atoms with Gasteiger partial charge < -0.3 is 11.5 Å². The second-order valence-electron chi connectivity index (χ2n) is 5.76. The van der Waals surface area contributed by atoms with E-state index in [9.17, 15) is 9.59 Å². The highest BCUT2D eigenvalue weighted by molar-refractivity contribution is 6.14. The van der Waals surface area contributed by atoms with Crippen molar-refractivity contribution in [2.45, 2.75) is 18.3 Å². The number of fused-ring (bicyclic) bond motifs is 6. The molecule has 2 bridgehead atoms. The molecule has 0 heterocycles. The topological polar surface area (TPSA) is 86.2 Å². The van der Waals surface area contributed by atoms with Crippen molar-refractivity contribution in [3.8, 4) is 0 Å². The van der Waals surface area contributed by atoms with E-state index in [1.807, 2.05) is 0 Å². The second kappa shape index (κ2) is 3.95. The van der Waals surface area contributed by atoms with Gasteiger partial charge in [0.15, 0.2) is 11.6 Å². The summed E-state index contributed by atoms with van der Waals surface area (Å²) in [7, 11) is 0. The van der Waals surface area contributed by atoms with Gasteiger partial charge in [0.2, 0.25) is 0 Å². The van der Waals surface area contributed by atoms with E-state index in [-0.39, 0.29) is 23.4 Å². The zero-order valence-corrected chi connectivity index (χ0v) is 11.3. The monoisotopic (exact) mass is 278 g/mol. The van der Waals surface area contributed by atoms with Gasteiger partial charge in [0.05, 0.1) is 0 Å². The fourth-order valence-electron chi connectivity index (χ4n) is 3.54. The first kappa shape index (κ1) is 12.1. The molecule has 21 heavy (non-hydrogen) atoms. The molecule has 2 aliphatic carbocycles. The van der Waals surface area contributed by atoms with E-state index in [0.29, 0.717) is 28.9 Å². The van der Waals surface area contributed by atoms with Gasteiger partial charge in [-0.25, -0.2) is 0 Å². The molecule has 2 aliphatic rings. The van der Waals surface area contributed by atoms with Crippen molar-refractivity contribution >= 4 is 22.9 Å². The number of hydrogen-bond donors (Lipinski definition) is 2. The van der Waals surface area contributed by atoms with Crippen LogP contribution in [0.3, 0.4) is 0 Å². The van der Waals surface area contributed by atoms with Crippen LogP contribution in [0.15, 0.2) is 36.4 Å². The smallest absolute Gasteiger partial charge is 0.170 e. The van der Waals surface area contributed by atoms with Gasteiger partial charge in [0.1, 0.15) is 0 Å². The first-order chi connectivity index (χ1) is 10.1. The SMILES string of the molecule is Nc1ccc2c(c1)C(=O)[C@@H]1C[C@H]2C(=O)c2cc(N)ccc21. The van der Waals surface area contributed by atoms with Crippen LogP contribution in [0.1, 0.15) is 50.1 Å². The Balaban J connectivity index is 1.98. The molecule has 0 saturated carbocycles. The number of nitrogens with two attached hydrogens (primary N) is 2. The van der Waals surface area contributed by atoms with E-state index < -0.39 is 0 Å². The molecule has 0 unspecified atom stereocenters. The third-order valence-electron chi connectivity index (χ3n) is 4.54. The Kier molecular flexibility index (Phi) is 2.28. The van der Waals surface area contributed by atoms with Crippen molar-refractivity contribution in [3.63, 3.8) is 0 Å². The predicted molar refractivity (Wildman–Crippen MR) is 80.5 cm³/mol. The summed E-state index contributed by atoms with van der Waals surface area (Å²) >= 11 is 0. The molecule has 2 atom stereocenters. The highest BCUT2D eigenvalue weighted by Crippen LogP contribution is 2.47. The van der Waals surface area contributed by atoms with Crippen molar-refractivity contribution in [2.24, 2.45) is 0 Å². The average molecular weight is 278 g/mol. The largest absolute Gasteiger partial charge is 0.399 e. The molecular weight excluding hydrogens is 264 g/mol. The Labute approximate surface area is 121 Å². The minimum absolute atomic E-state index is 0.0482. The molecule has 0 aliphatic heterocycles. The maximum atomic E-state index is 12.7. The number of Topliss-reactive ketones (excluding diaryl/α,β-unsaturated/α-hetero) is 2. The number of ketones is 2. The summed E-state index contributed by atoms with van der Waals surface area (Å²) in [6.07, 6.45) is 0.547. The normalized spacial score (nSPS) is 22.7. The van der Waals surface area contributed by atoms with Gasteiger partial charge in [0.25, 0.3) is 0 Å². The van der Waals surface area contributed by atoms with Gasteiger partial charge in [-0.05, 0) is 41.8 Å². The molecule has 0 spiro atoms. The Bertz CT molecular complexity index is 743. The third kappa shape index (κ3) is 1.56. The Morgan fingerprint density at radius 2 is 1.19 bits per heavy atom. The maximum absolute atomic E-state index is 12.7. The molecule has 0 aromatic heterocycles. The van der Waals surface area contributed by atoms with Gasteiger partial charge in [-0.1, -0.05) is 12.1 Å². The first-order valence-corrected chi connectivity index (χ1v) is 6.93. The predicted octanol–water partition coefficient (Wildman–Crippen LogP) is 2.50. The van der Waals surface area contributed by atoms with E-state index in [4.69, 9.17) is 11.5 Å².